The Bertz CT molecular complexity index is 520. The third kappa shape index (κ3) is 1.78. The molecule has 6 heteroatoms. The number of nitriles is 1. The zero-order valence-electron chi connectivity index (χ0n) is 10.1. The Hall–Kier alpha value is -1.90. The van der Waals surface area contributed by atoms with Gasteiger partial charge >= 0.3 is 5.69 Å². The van der Waals surface area contributed by atoms with E-state index in [1.807, 2.05) is 0 Å². The van der Waals surface area contributed by atoms with E-state index in [2.05, 4.69) is 11.2 Å². The molecule has 1 aliphatic rings. The smallest absolute Gasteiger partial charge is 0.258 e. The number of rotatable bonds is 3. The van der Waals surface area contributed by atoms with Crippen molar-refractivity contribution < 1.29 is 4.92 Å². The normalized spacial score (nSPS) is 15.6. The van der Waals surface area contributed by atoms with Crippen molar-refractivity contribution >= 4 is 5.69 Å². The van der Waals surface area contributed by atoms with E-state index in [0.717, 1.165) is 12.8 Å². The van der Waals surface area contributed by atoms with Gasteiger partial charge in [-0.2, -0.15) is 10.4 Å². The van der Waals surface area contributed by atoms with Crippen LogP contribution in [0.2, 0.25) is 0 Å². The van der Waals surface area contributed by atoms with Gasteiger partial charge in [-0.15, -0.1) is 0 Å². The van der Waals surface area contributed by atoms with Gasteiger partial charge in [-0.25, -0.2) is 4.68 Å². The monoisotopic (exact) mass is 234 g/mol. The number of nitro groups is 1. The van der Waals surface area contributed by atoms with Crippen molar-refractivity contribution in [2.75, 3.05) is 0 Å². The SMILES string of the molecule is Cc1c([N+](=O)[O-])c(C2CC2)nn1C(C)(C)C#N. The lowest BCUT2D eigenvalue weighted by atomic mass is 10.1. The molecule has 1 saturated carbocycles. The van der Waals surface area contributed by atoms with Gasteiger partial charge in [-0.1, -0.05) is 0 Å². The maximum atomic E-state index is 11.1. The summed E-state index contributed by atoms with van der Waals surface area (Å²) in [5.41, 5.74) is 0.220. The van der Waals surface area contributed by atoms with E-state index in [9.17, 15) is 10.1 Å². The zero-order valence-corrected chi connectivity index (χ0v) is 10.1. The van der Waals surface area contributed by atoms with Gasteiger partial charge in [0.1, 0.15) is 16.9 Å². The molecule has 0 spiro atoms. The standard InChI is InChI=1S/C11H14N4O2/c1-7-10(15(16)17)9(8-4-5-8)13-14(7)11(2,3)6-12/h8H,4-5H2,1-3H3. The molecule has 6 nitrogen and oxygen atoms in total. The molecule has 1 heterocycles. The third-order valence-electron chi connectivity index (χ3n) is 3.06. The highest BCUT2D eigenvalue weighted by molar-refractivity contribution is 5.45. The Morgan fingerprint density at radius 3 is 2.59 bits per heavy atom. The van der Waals surface area contributed by atoms with Gasteiger partial charge in [0, 0.05) is 5.92 Å². The third-order valence-corrected chi connectivity index (χ3v) is 3.06. The summed E-state index contributed by atoms with van der Waals surface area (Å²) in [6.45, 7) is 5.05. The fraction of sp³-hybridized carbons (Fsp3) is 0.636. The molecule has 1 aliphatic carbocycles. The van der Waals surface area contributed by atoms with E-state index in [4.69, 9.17) is 5.26 Å². The van der Waals surface area contributed by atoms with Crippen molar-refractivity contribution in [2.45, 2.75) is 45.1 Å². The van der Waals surface area contributed by atoms with Crippen molar-refractivity contribution in [3.05, 3.63) is 21.5 Å². The summed E-state index contributed by atoms with van der Waals surface area (Å²) in [5.74, 6) is 0.199. The first-order chi connectivity index (χ1) is 7.88. The van der Waals surface area contributed by atoms with E-state index in [0.29, 0.717) is 11.4 Å². The van der Waals surface area contributed by atoms with Gasteiger partial charge in [0.25, 0.3) is 0 Å². The predicted molar refractivity (Wildman–Crippen MR) is 60.5 cm³/mol. The van der Waals surface area contributed by atoms with Crippen molar-refractivity contribution in [1.29, 1.82) is 5.26 Å². The van der Waals surface area contributed by atoms with Crippen LogP contribution in [0.1, 0.15) is 44.0 Å². The fourth-order valence-corrected chi connectivity index (χ4v) is 1.96. The second-order valence-electron chi connectivity index (χ2n) is 4.93. The number of hydrogen-bond donors (Lipinski definition) is 0. The Labute approximate surface area is 99.0 Å². The molecule has 0 radical (unpaired) electrons. The molecule has 0 atom stereocenters. The highest BCUT2D eigenvalue weighted by Gasteiger charge is 2.39. The molecule has 0 amide bonds. The van der Waals surface area contributed by atoms with Crippen LogP contribution in [-0.2, 0) is 5.54 Å². The topological polar surface area (TPSA) is 84.8 Å². The maximum absolute atomic E-state index is 11.1. The first-order valence-electron chi connectivity index (χ1n) is 5.54. The maximum Gasteiger partial charge on any atom is 0.313 e. The summed E-state index contributed by atoms with van der Waals surface area (Å²) in [6.07, 6.45) is 1.90. The molecule has 0 aliphatic heterocycles. The van der Waals surface area contributed by atoms with Gasteiger partial charge < -0.3 is 0 Å². The molecule has 0 saturated heterocycles. The molecule has 2 rings (SSSR count). The lowest BCUT2D eigenvalue weighted by Gasteiger charge is -2.17. The Kier molecular flexibility index (Phi) is 2.42. The van der Waals surface area contributed by atoms with Gasteiger partial charge in [0.15, 0.2) is 0 Å². The molecule has 0 unspecified atom stereocenters. The molecular weight excluding hydrogens is 220 g/mol. The van der Waals surface area contributed by atoms with E-state index >= 15 is 0 Å². The number of nitrogens with zero attached hydrogens (tertiary/aromatic N) is 4. The van der Waals surface area contributed by atoms with Gasteiger partial charge in [-0.05, 0) is 33.6 Å². The Morgan fingerprint density at radius 1 is 1.59 bits per heavy atom. The molecule has 0 aromatic carbocycles. The van der Waals surface area contributed by atoms with E-state index in [1.54, 1.807) is 20.8 Å². The van der Waals surface area contributed by atoms with E-state index in [-0.39, 0.29) is 16.5 Å². The molecule has 1 aromatic rings. The zero-order chi connectivity index (χ0) is 12.8. The van der Waals surface area contributed by atoms with Crippen LogP contribution in [0.4, 0.5) is 5.69 Å². The van der Waals surface area contributed by atoms with Crippen LogP contribution in [0.25, 0.3) is 0 Å². The number of aromatic nitrogens is 2. The highest BCUT2D eigenvalue weighted by Crippen LogP contribution is 2.45. The minimum Gasteiger partial charge on any atom is -0.258 e. The average Bonchev–Trinajstić information content (AvgIpc) is 3.01. The van der Waals surface area contributed by atoms with Crippen LogP contribution >= 0.6 is 0 Å². The lowest BCUT2D eigenvalue weighted by Crippen LogP contribution is -2.26. The largest absolute Gasteiger partial charge is 0.313 e. The van der Waals surface area contributed by atoms with Crippen LogP contribution in [-0.4, -0.2) is 14.7 Å². The minimum absolute atomic E-state index is 0.0795. The molecule has 0 bridgehead atoms. The minimum atomic E-state index is -0.859. The van der Waals surface area contributed by atoms with Crippen LogP contribution < -0.4 is 0 Å². The quantitative estimate of drug-likeness (QED) is 0.593. The van der Waals surface area contributed by atoms with Crippen LogP contribution in [0.15, 0.2) is 0 Å². The summed E-state index contributed by atoms with van der Waals surface area (Å²) in [5, 5.41) is 24.4. The van der Waals surface area contributed by atoms with Crippen LogP contribution in [0, 0.1) is 28.4 Å². The summed E-state index contributed by atoms with van der Waals surface area (Å²) in [6, 6.07) is 2.12. The second kappa shape index (κ2) is 3.55. The van der Waals surface area contributed by atoms with Crippen LogP contribution in [0.5, 0.6) is 0 Å². The average molecular weight is 234 g/mol. The van der Waals surface area contributed by atoms with Crippen molar-refractivity contribution in [3.8, 4) is 6.07 Å². The number of hydrogen-bond acceptors (Lipinski definition) is 4. The van der Waals surface area contributed by atoms with Crippen molar-refractivity contribution in [3.63, 3.8) is 0 Å². The second-order valence-corrected chi connectivity index (χ2v) is 4.93. The van der Waals surface area contributed by atoms with Crippen molar-refractivity contribution in [1.82, 2.24) is 9.78 Å². The summed E-state index contributed by atoms with van der Waals surface area (Å²) >= 11 is 0. The molecule has 90 valence electrons. The molecule has 1 fully saturated rings. The summed E-state index contributed by atoms with van der Waals surface area (Å²) in [7, 11) is 0. The van der Waals surface area contributed by atoms with Gasteiger partial charge in [-0.3, -0.25) is 10.1 Å². The molecule has 0 N–H and O–H groups in total. The molecule has 1 aromatic heterocycles. The first kappa shape index (κ1) is 11.6. The summed E-state index contributed by atoms with van der Waals surface area (Å²) in [4.78, 5) is 10.7. The fourth-order valence-electron chi connectivity index (χ4n) is 1.96. The Morgan fingerprint density at radius 2 is 2.18 bits per heavy atom. The van der Waals surface area contributed by atoms with E-state index in [1.165, 1.54) is 4.68 Å². The van der Waals surface area contributed by atoms with Crippen LogP contribution in [0.3, 0.4) is 0 Å². The Balaban J connectivity index is 2.60. The summed E-state index contributed by atoms with van der Waals surface area (Å²) < 4.78 is 1.47. The van der Waals surface area contributed by atoms with E-state index < -0.39 is 5.54 Å². The van der Waals surface area contributed by atoms with Gasteiger partial charge in [0.2, 0.25) is 0 Å². The first-order valence-corrected chi connectivity index (χ1v) is 5.54. The highest BCUT2D eigenvalue weighted by atomic mass is 16.6. The molecule has 17 heavy (non-hydrogen) atoms. The van der Waals surface area contributed by atoms with Gasteiger partial charge in [0.05, 0.1) is 11.0 Å². The lowest BCUT2D eigenvalue weighted by molar-refractivity contribution is -0.386. The molecular formula is C11H14N4O2. The van der Waals surface area contributed by atoms with Crippen molar-refractivity contribution in [2.24, 2.45) is 0 Å². The predicted octanol–water partition coefficient (Wildman–Crippen LogP) is 2.24.